The van der Waals surface area contributed by atoms with E-state index in [2.05, 4.69) is 37.7 Å². The monoisotopic (exact) mass is 269 g/mol. The third-order valence-electron chi connectivity index (χ3n) is 4.34. The molecule has 0 spiro atoms. The minimum atomic E-state index is 0.600. The van der Waals surface area contributed by atoms with Gasteiger partial charge in [-0.2, -0.15) is 0 Å². The molecule has 114 valence electrons. The molecule has 0 radical (unpaired) electrons. The lowest BCUT2D eigenvalue weighted by Crippen LogP contribution is -2.49. The second-order valence-corrected chi connectivity index (χ2v) is 6.89. The Morgan fingerprint density at radius 3 is 2.16 bits per heavy atom. The number of nitrogens with two attached hydrogens (primary N) is 1. The molecule has 3 heteroatoms. The summed E-state index contributed by atoms with van der Waals surface area (Å²) in [5.74, 6) is 1.56. The highest BCUT2D eigenvalue weighted by Crippen LogP contribution is 2.29. The van der Waals surface area contributed by atoms with Crippen molar-refractivity contribution in [2.24, 2.45) is 17.6 Å². The summed E-state index contributed by atoms with van der Waals surface area (Å²) in [5.41, 5.74) is 6.13. The molecule has 1 unspecified atom stereocenters. The van der Waals surface area contributed by atoms with Crippen molar-refractivity contribution in [3.05, 3.63) is 0 Å². The Labute approximate surface area is 120 Å². The van der Waals surface area contributed by atoms with E-state index in [0.29, 0.717) is 6.04 Å². The van der Waals surface area contributed by atoms with Gasteiger partial charge in [0.2, 0.25) is 0 Å². The number of hydrogen-bond donors (Lipinski definition) is 1. The number of rotatable bonds is 8. The highest BCUT2D eigenvalue weighted by molar-refractivity contribution is 4.83. The Kier molecular flexibility index (Phi) is 7.96. The van der Waals surface area contributed by atoms with Crippen LogP contribution in [0.15, 0.2) is 0 Å². The molecule has 1 aliphatic carbocycles. The molecule has 1 aliphatic rings. The van der Waals surface area contributed by atoms with Gasteiger partial charge in [-0.25, -0.2) is 0 Å². The van der Waals surface area contributed by atoms with Gasteiger partial charge in [-0.05, 0) is 38.8 Å². The zero-order valence-electron chi connectivity index (χ0n) is 13.6. The van der Waals surface area contributed by atoms with Gasteiger partial charge in [0.1, 0.15) is 0 Å². The van der Waals surface area contributed by atoms with Crippen molar-refractivity contribution in [3.8, 4) is 0 Å². The lowest BCUT2D eigenvalue weighted by atomic mass is 9.83. The summed E-state index contributed by atoms with van der Waals surface area (Å²) in [6.07, 6.45) is 7.02. The molecule has 0 aromatic heterocycles. The molecular weight excluding hydrogens is 234 g/mol. The lowest BCUT2D eigenvalue weighted by Gasteiger charge is -2.39. The standard InChI is InChI=1S/C16H35N3/c1-14(2)13-19(11-10-18(3)4)16(12-17)15-8-6-5-7-9-15/h14-16H,5-13,17H2,1-4H3. The van der Waals surface area contributed by atoms with E-state index in [-0.39, 0.29) is 0 Å². The van der Waals surface area contributed by atoms with Crippen molar-refractivity contribution in [2.75, 3.05) is 40.3 Å². The lowest BCUT2D eigenvalue weighted by molar-refractivity contribution is 0.101. The van der Waals surface area contributed by atoms with Gasteiger partial charge in [0.15, 0.2) is 0 Å². The van der Waals surface area contributed by atoms with E-state index in [0.717, 1.165) is 31.5 Å². The average molecular weight is 269 g/mol. The molecule has 1 fully saturated rings. The van der Waals surface area contributed by atoms with Crippen LogP contribution in [-0.4, -0.2) is 56.1 Å². The van der Waals surface area contributed by atoms with Crippen LogP contribution in [0.1, 0.15) is 46.0 Å². The third-order valence-corrected chi connectivity index (χ3v) is 4.34. The van der Waals surface area contributed by atoms with Crippen LogP contribution in [0.3, 0.4) is 0 Å². The number of likely N-dealkylation sites (N-methyl/N-ethyl adjacent to an activating group) is 1. The second kappa shape index (κ2) is 8.93. The first-order valence-corrected chi connectivity index (χ1v) is 8.13. The molecule has 1 atom stereocenters. The third kappa shape index (κ3) is 6.24. The van der Waals surface area contributed by atoms with Gasteiger partial charge in [-0.3, -0.25) is 4.90 Å². The maximum absolute atomic E-state index is 6.13. The van der Waals surface area contributed by atoms with Gasteiger partial charge in [0, 0.05) is 32.2 Å². The first kappa shape index (κ1) is 16.9. The van der Waals surface area contributed by atoms with Gasteiger partial charge in [0.05, 0.1) is 0 Å². The van der Waals surface area contributed by atoms with Gasteiger partial charge < -0.3 is 10.6 Å². The summed E-state index contributed by atoms with van der Waals surface area (Å²) in [5, 5.41) is 0. The largest absolute Gasteiger partial charge is 0.329 e. The van der Waals surface area contributed by atoms with Crippen LogP contribution in [-0.2, 0) is 0 Å². The van der Waals surface area contributed by atoms with Gasteiger partial charge in [-0.1, -0.05) is 33.1 Å². The van der Waals surface area contributed by atoms with Crippen LogP contribution in [0.4, 0.5) is 0 Å². The smallest absolute Gasteiger partial charge is 0.0247 e. The Bertz CT molecular complexity index is 222. The summed E-state index contributed by atoms with van der Waals surface area (Å²) >= 11 is 0. The second-order valence-electron chi connectivity index (χ2n) is 6.89. The highest BCUT2D eigenvalue weighted by atomic mass is 15.2. The number of nitrogens with zero attached hydrogens (tertiary/aromatic N) is 2. The van der Waals surface area contributed by atoms with E-state index in [9.17, 15) is 0 Å². The predicted octanol–water partition coefficient (Wildman–Crippen LogP) is 2.41. The van der Waals surface area contributed by atoms with Gasteiger partial charge in [0.25, 0.3) is 0 Å². The fraction of sp³-hybridized carbons (Fsp3) is 1.00. The molecule has 19 heavy (non-hydrogen) atoms. The molecule has 0 heterocycles. The summed E-state index contributed by atoms with van der Waals surface area (Å²) < 4.78 is 0. The zero-order valence-corrected chi connectivity index (χ0v) is 13.6. The van der Waals surface area contributed by atoms with Crippen molar-refractivity contribution < 1.29 is 0 Å². The summed E-state index contributed by atoms with van der Waals surface area (Å²) in [4.78, 5) is 4.95. The molecule has 0 bridgehead atoms. The Hall–Kier alpha value is -0.120. The molecule has 0 saturated heterocycles. The van der Waals surface area contributed by atoms with E-state index in [4.69, 9.17) is 5.73 Å². The van der Waals surface area contributed by atoms with Crippen molar-refractivity contribution in [1.82, 2.24) is 9.80 Å². The van der Waals surface area contributed by atoms with Crippen molar-refractivity contribution in [3.63, 3.8) is 0 Å². The van der Waals surface area contributed by atoms with Crippen LogP contribution in [0.25, 0.3) is 0 Å². The minimum absolute atomic E-state index is 0.600. The fourth-order valence-electron chi connectivity index (χ4n) is 3.35. The molecular formula is C16H35N3. The first-order valence-electron chi connectivity index (χ1n) is 8.13. The predicted molar refractivity (Wildman–Crippen MR) is 84.4 cm³/mol. The average Bonchev–Trinajstić information content (AvgIpc) is 2.37. The maximum Gasteiger partial charge on any atom is 0.0247 e. The maximum atomic E-state index is 6.13. The molecule has 2 N–H and O–H groups in total. The van der Waals surface area contributed by atoms with Crippen LogP contribution < -0.4 is 5.73 Å². The SMILES string of the molecule is CC(C)CN(CCN(C)C)C(CN)C1CCCCC1. The molecule has 0 aliphatic heterocycles. The fourth-order valence-corrected chi connectivity index (χ4v) is 3.35. The summed E-state index contributed by atoms with van der Waals surface area (Å²) in [6.45, 7) is 8.94. The Balaban J connectivity index is 2.61. The summed E-state index contributed by atoms with van der Waals surface area (Å²) in [6, 6.07) is 0.600. The van der Waals surface area contributed by atoms with Crippen molar-refractivity contribution in [2.45, 2.75) is 52.0 Å². The van der Waals surface area contributed by atoms with Crippen LogP contribution in [0.5, 0.6) is 0 Å². The van der Waals surface area contributed by atoms with Crippen LogP contribution >= 0.6 is 0 Å². The van der Waals surface area contributed by atoms with E-state index in [1.165, 1.54) is 38.6 Å². The van der Waals surface area contributed by atoms with Gasteiger partial charge >= 0.3 is 0 Å². The number of hydrogen-bond acceptors (Lipinski definition) is 3. The quantitative estimate of drug-likeness (QED) is 0.734. The van der Waals surface area contributed by atoms with E-state index in [1.807, 2.05) is 0 Å². The topological polar surface area (TPSA) is 32.5 Å². The molecule has 0 amide bonds. The summed E-state index contributed by atoms with van der Waals surface area (Å²) in [7, 11) is 4.32. The first-order chi connectivity index (χ1) is 9.04. The molecule has 1 rings (SSSR count). The molecule has 0 aromatic rings. The van der Waals surface area contributed by atoms with E-state index in [1.54, 1.807) is 0 Å². The van der Waals surface area contributed by atoms with Crippen LogP contribution in [0, 0.1) is 11.8 Å². The highest BCUT2D eigenvalue weighted by Gasteiger charge is 2.27. The minimum Gasteiger partial charge on any atom is -0.329 e. The van der Waals surface area contributed by atoms with Crippen molar-refractivity contribution >= 4 is 0 Å². The van der Waals surface area contributed by atoms with Gasteiger partial charge in [-0.15, -0.1) is 0 Å². The van der Waals surface area contributed by atoms with Crippen molar-refractivity contribution in [1.29, 1.82) is 0 Å². The molecule has 0 aromatic carbocycles. The normalized spacial score (nSPS) is 19.6. The van der Waals surface area contributed by atoms with Crippen LogP contribution in [0.2, 0.25) is 0 Å². The Morgan fingerprint density at radius 1 is 1.05 bits per heavy atom. The molecule has 3 nitrogen and oxygen atoms in total. The Morgan fingerprint density at radius 2 is 1.68 bits per heavy atom. The zero-order chi connectivity index (χ0) is 14.3. The van der Waals surface area contributed by atoms with E-state index >= 15 is 0 Å². The molecule has 1 saturated carbocycles. The van der Waals surface area contributed by atoms with E-state index < -0.39 is 0 Å².